The number of ether oxygens (including phenoxy) is 2. The van der Waals surface area contributed by atoms with Gasteiger partial charge in [0.2, 0.25) is 5.95 Å². The molecule has 0 unspecified atom stereocenters. The normalized spacial score (nSPS) is 14.0. The third-order valence-corrected chi connectivity index (χ3v) is 6.38. The largest absolute Gasteiger partial charge is 0.497 e. The molecule has 0 bridgehead atoms. The molecule has 1 amide bonds. The molecule has 1 fully saturated rings. The van der Waals surface area contributed by atoms with Crippen LogP contribution in [0.15, 0.2) is 48.7 Å². The van der Waals surface area contributed by atoms with Crippen LogP contribution in [-0.4, -0.2) is 80.2 Å². The van der Waals surface area contributed by atoms with Gasteiger partial charge in [0.15, 0.2) is 0 Å². The van der Waals surface area contributed by atoms with Crippen LogP contribution in [0, 0.1) is 6.92 Å². The molecule has 2 heterocycles. The molecule has 0 spiro atoms. The number of aryl methyl sites for hydroxylation is 1. The van der Waals surface area contributed by atoms with Crippen molar-refractivity contribution in [1.29, 1.82) is 0 Å². The molecule has 8 nitrogen and oxygen atoms in total. The first kappa shape index (κ1) is 24.5. The summed E-state index contributed by atoms with van der Waals surface area (Å²) in [6.45, 7) is 5.94. The SMILES string of the molecule is COc1cc(CN(C)C(=O)c2nc(N3CCN(C)CC3)ncc2-c2ccccc2C)cc(OC)c1. The summed E-state index contributed by atoms with van der Waals surface area (Å²) in [5.41, 5.74) is 4.07. The second-order valence-electron chi connectivity index (χ2n) is 8.92. The topological polar surface area (TPSA) is 71.0 Å². The second-order valence-corrected chi connectivity index (χ2v) is 8.92. The minimum absolute atomic E-state index is 0.164. The Balaban J connectivity index is 1.69. The second kappa shape index (κ2) is 10.7. The van der Waals surface area contributed by atoms with E-state index in [1.54, 1.807) is 32.4 Å². The number of rotatable bonds is 7. The van der Waals surface area contributed by atoms with E-state index in [-0.39, 0.29) is 5.91 Å². The van der Waals surface area contributed by atoms with Gasteiger partial charge in [-0.1, -0.05) is 24.3 Å². The van der Waals surface area contributed by atoms with Crippen molar-refractivity contribution in [3.8, 4) is 22.6 Å². The van der Waals surface area contributed by atoms with Gasteiger partial charge in [0.25, 0.3) is 5.91 Å². The lowest BCUT2D eigenvalue weighted by Gasteiger charge is -2.32. The first-order valence-electron chi connectivity index (χ1n) is 11.7. The van der Waals surface area contributed by atoms with E-state index in [0.29, 0.717) is 29.7 Å². The number of aromatic nitrogens is 2. The molecule has 35 heavy (non-hydrogen) atoms. The Hall–Kier alpha value is -3.65. The van der Waals surface area contributed by atoms with Crippen molar-refractivity contribution in [2.24, 2.45) is 0 Å². The maximum Gasteiger partial charge on any atom is 0.273 e. The van der Waals surface area contributed by atoms with Crippen molar-refractivity contribution < 1.29 is 14.3 Å². The summed E-state index contributed by atoms with van der Waals surface area (Å²) in [7, 11) is 7.12. The molecule has 0 atom stereocenters. The Morgan fingerprint density at radius 1 is 1.00 bits per heavy atom. The van der Waals surface area contributed by atoms with Crippen LogP contribution < -0.4 is 14.4 Å². The molecule has 1 aromatic heterocycles. The third-order valence-electron chi connectivity index (χ3n) is 6.38. The predicted octanol–water partition coefficient (Wildman–Crippen LogP) is 3.49. The highest BCUT2D eigenvalue weighted by Gasteiger charge is 2.24. The zero-order valence-electron chi connectivity index (χ0n) is 21.1. The fourth-order valence-electron chi connectivity index (χ4n) is 4.25. The Morgan fingerprint density at radius 2 is 1.66 bits per heavy atom. The minimum Gasteiger partial charge on any atom is -0.497 e. The number of likely N-dealkylation sites (N-methyl/N-ethyl adjacent to an activating group) is 1. The molecule has 0 radical (unpaired) electrons. The highest BCUT2D eigenvalue weighted by atomic mass is 16.5. The quantitative estimate of drug-likeness (QED) is 0.518. The minimum atomic E-state index is -0.164. The third kappa shape index (κ3) is 5.54. The number of nitrogens with zero attached hydrogens (tertiary/aromatic N) is 5. The van der Waals surface area contributed by atoms with Crippen LogP contribution in [-0.2, 0) is 6.54 Å². The van der Waals surface area contributed by atoms with Crippen molar-refractivity contribution in [2.45, 2.75) is 13.5 Å². The average Bonchev–Trinajstić information content (AvgIpc) is 2.88. The lowest BCUT2D eigenvalue weighted by atomic mass is 10.00. The number of amides is 1. The number of benzene rings is 2. The van der Waals surface area contributed by atoms with Gasteiger partial charge in [-0.25, -0.2) is 9.97 Å². The summed E-state index contributed by atoms with van der Waals surface area (Å²) in [4.78, 5) is 29.4. The van der Waals surface area contributed by atoms with Gasteiger partial charge in [-0.2, -0.15) is 0 Å². The molecule has 0 aliphatic carbocycles. The van der Waals surface area contributed by atoms with Gasteiger partial charge in [-0.05, 0) is 42.8 Å². The van der Waals surface area contributed by atoms with Gasteiger partial charge in [0.1, 0.15) is 17.2 Å². The maximum absolute atomic E-state index is 13.8. The number of anilines is 1. The number of carbonyl (C=O) groups excluding carboxylic acids is 1. The molecular formula is C27H33N5O3. The summed E-state index contributed by atoms with van der Waals surface area (Å²) >= 11 is 0. The number of piperazine rings is 1. The lowest BCUT2D eigenvalue weighted by Crippen LogP contribution is -2.45. The van der Waals surface area contributed by atoms with Gasteiger partial charge < -0.3 is 24.2 Å². The summed E-state index contributed by atoms with van der Waals surface area (Å²) in [5.74, 6) is 1.79. The van der Waals surface area contributed by atoms with Crippen LogP contribution in [0.2, 0.25) is 0 Å². The number of hydrogen-bond donors (Lipinski definition) is 0. The molecule has 0 saturated carbocycles. The van der Waals surface area contributed by atoms with E-state index in [9.17, 15) is 4.79 Å². The molecule has 3 aromatic rings. The Bertz CT molecular complexity index is 1170. The number of carbonyl (C=O) groups is 1. The Morgan fingerprint density at radius 3 is 2.29 bits per heavy atom. The van der Waals surface area contributed by atoms with Crippen LogP contribution in [0.5, 0.6) is 11.5 Å². The highest BCUT2D eigenvalue weighted by Crippen LogP contribution is 2.29. The predicted molar refractivity (Wildman–Crippen MR) is 137 cm³/mol. The first-order chi connectivity index (χ1) is 16.9. The van der Waals surface area contributed by atoms with Crippen LogP contribution in [0.3, 0.4) is 0 Å². The fourth-order valence-corrected chi connectivity index (χ4v) is 4.25. The van der Waals surface area contributed by atoms with E-state index in [1.165, 1.54) is 0 Å². The van der Waals surface area contributed by atoms with E-state index in [2.05, 4.69) is 21.8 Å². The van der Waals surface area contributed by atoms with Gasteiger partial charge in [-0.3, -0.25) is 4.79 Å². The van der Waals surface area contributed by atoms with Gasteiger partial charge >= 0.3 is 0 Å². The molecule has 8 heteroatoms. The zero-order chi connectivity index (χ0) is 24.9. The molecular weight excluding hydrogens is 442 g/mol. The standard InChI is InChI=1S/C27H33N5O3/c1-19-8-6-7-9-23(19)24-17-28-27(32-12-10-30(2)11-13-32)29-25(24)26(33)31(3)18-20-14-21(34-4)16-22(15-20)35-5/h6-9,14-17H,10-13,18H2,1-5H3. The van der Waals surface area contributed by atoms with Gasteiger partial charge in [0.05, 0.1) is 14.2 Å². The van der Waals surface area contributed by atoms with E-state index in [4.69, 9.17) is 14.5 Å². The van der Waals surface area contributed by atoms with Crippen LogP contribution in [0.1, 0.15) is 21.6 Å². The highest BCUT2D eigenvalue weighted by molar-refractivity contribution is 5.99. The summed E-state index contributed by atoms with van der Waals surface area (Å²) in [6, 6.07) is 13.6. The summed E-state index contributed by atoms with van der Waals surface area (Å²) in [6.07, 6.45) is 1.79. The van der Waals surface area contributed by atoms with Crippen LogP contribution in [0.25, 0.3) is 11.1 Å². The van der Waals surface area contributed by atoms with E-state index >= 15 is 0 Å². The number of methoxy groups -OCH3 is 2. The van der Waals surface area contributed by atoms with Crippen molar-refractivity contribution in [3.63, 3.8) is 0 Å². The summed E-state index contributed by atoms with van der Waals surface area (Å²) < 4.78 is 10.8. The van der Waals surface area contributed by atoms with E-state index in [0.717, 1.165) is 48.4 Å². The maximum atomic E-state index is 13.8. The fraction of sp³-hybridized carbons (Fsp3) is 0.370. The van der Waals surface area contributed by atoms with Crippen molar-refractivity contribution >= 4 is 11.9 Å². The average molecular weight is 476 g/mol. The van der Waals surface area contributed by atoms with Gasteiger partial charge in [0, 0.05) is 57.6 Å². The smallest absolute Gasteiger partial charge is 0.273 e. The van der Waals surface area contributed by atoms with E-state index < -0.39 is 0 Å². The van der Waals surface area contributed by atoms with Crippen LogP contribution >= 0.6 is 0 Å². The van der Waals surface area contributed by atoms with E-state index in [1.807, 2.05) is 49.4 Å². The molecule has 1 aliphatic rings. The molecule has 1 aliphatic heterocycles. The molecule has 1 saturated heterocycles. The van der Waals surface area contributed by atoms with Crippen molar-refractivity contribution in [1.82, 2.24) is 19.8 Å². The molecule has 4 rings (SSSR count). The Labute approximate surface area is 207 Å². The zero-order valence-corrected chi connectivity index (χ0v) is 21.1. The molecule has 184 valence electrons. The monoisotopic (exact) mass is 475 g/mol. The van der Waals surface area contributed by atoms with Crippen molar-refractivity contribution in [3.05, 3.63) is 65.5 Å². The van der Waals surface area contributed by atoms with Crippen molar-refractivity contribution in [2.75, 3.05) is 59.4 Å². The lowest BCUT2D eigenvalue weighted by molar-refractivity contribution is 0.0779. The molecule has 0 N–H and O–H groups in total. The van der Waals surface area contributed by atoms with Crippen LogP contribution in [0.4, 0.5) is 5.95 Å². The Kier molecular flexibility index (Phi) is 7.51. The first-order valence-corrected chi connectivity index (χ1v) is 11.7. The molecule has 2 aromatic carbocycles. The summed E-state index contributed by atoms with van der Waals surface area (Å²) in [5, 5.41) is 0. The number of hydrogen-bond acceptors (Lipinski definition) is 7. The van der Waals surface area contributed by atoms with Gasteiger partial charge in [-0.15, -0.1) is 0 Å².